The molecule has 5 heteroatoms. The number of aliphatic hydroxyl groups is 1. The molecule has 0 saturated carbocycles. The molecule has 0 bridgehead atoms. The average molecular weight is 297 g/mol. The molecule has 0 aliphatic carbocycles. The van der Waals surface area contributed by atoms with Crippen molar-refractivity contribution in [2.24, 2.45) is 0 Å². The van der Waals surface area contributed by atoms with E-state index in [9.17, 15) is 5.11 Å². The Balaban J connectivity index is 1.91. The molecular formula is C15H23NO3S. The van der Waals surface area contributed by atoms with Gasteiger partial charge in [0.15, 0.2) is 11.5 Å². The van der Waals surface area contributed by atoms with Gasteiger partial charge in [-0.15, -0.1) is 0 Å². The summed E-state index contributed by atoms with van der Waals surface area (Å²) >= 11 is 1.81. The van der Waals surface area contributed by atoms with E-state index < -0.39 is 6.10 Å². The molecule has 1 atom stereocenters. The summed E-state index contributed by atoms with van der Waals surface area (Å²) in [7, 11) is 0. The number of hydrogen-bond donors (Lipinski definition) is 2. The smallest absolute Gasteiger partial charge is 0.161 e. The Labute approximate surface area is 124 Å². The first kappa shape index (κ1) is 15.5. The average Bonchev–Trinajstić information content (AvgIpc) is 2.46. The third kappa shape index (κ3) is 4.04. The van der Waals surface area contributed by atoms with Crippen molar-refractivity contribution in [3.8, 4) is 11.5 Å². The molecule has 0 spiro atoms. The van der Waals surface area contributed by atoms with Gasteiger partial charge in [-0.2, -0.15) is 11.8 Å². The highest BCUT2D eigenvalue weighted by Crippen LogP contribution is 2.32. The molecule has 0 saturated heterocycles. The van der Waals surface area contributed by atoms with Gasteiger partial charge in [-0.3, -0.25) is 0 Å². The fourth-order valence-corrected chi connectivity index (χ4v) is 2.21. The lowest BCUT2D eigenvalue weighted by Gasteiger charge is -2.24. The van der Waals surface area contributed by atoms with Crippen LogP contribution in [0.5, 0.6) is 11.5 Å². The van der Waals surface area contributed by atoms with Crippen molar-refractivity contribution in [3.63, 3.8) is 0 Å². The zero-order valence-corrected chi connectivity index (χ0v) is 13.1. The van der Waals surface area contributed by atoms with Gasteiger partial charge in [0.05, 0.1) is 6.10 Å². The van der Waals surface area contributed by atoms with E-state index in [0.29, 0.717) is 19.8 Å². The quantitative estimate of drug-likeness (QED) is 0.843. The first-order chi connectivity index (χ1) is 9.52. The number of ether oxygens (including phenoxy) is 2. The summed E-state index contributed by atoms with van der Waals surface area (Å²) in [6.45, 7) is 6.90. The van der Waals surface area contributed by atoms with E-state index in [4.69, 9.17) is 9.47 Å². The summed E-state index contributed by atoms with van der Waals surface area (Å²) in [5, 5.41) is 13.5. The minimum absolute atomic E-state index is 0.173. The highest BCUT2D eigenvalue weighted by molar-refractivity contribution is 7.99. The predicted octanol–water partition coefficient (Wildman–Crippen LogP) is 2.22. The van der Waals surface area contributed by atoms with Crippen molar-refractivity contribution in [2.45, 2.75) is 24.7 Å². The lowest BCUT2D eigenvalue weighted by Crippen LogP contribution is -2.34. The summed E-state index contributed by atoms with van der Waals surface area (Å²) < 4.78 is 11.2. The van der Waals surface area contributed by atoms with Crippen molar-refractivity contribution in [1.29, 1.82) is 0 Å². The van der Waals surface area contributed by atoms with Crippen molar-refractivity contribution in [2.75, 3.05) is 32.6 Å². The zero-order chi connectivity index (χ0) is 14.6. The minimum Gasteiger partial charge on any atom is -0.486 e. The van der Waals surface area contributed by atoms with Gasteiger partial charge in [0.25, 0.3) is 0 Å². The molecule has 1 aromatic rings. The van der Waals surface area contributed by atoms with Crippen molar-refractivity contribution >= 4 is 11.8 Å². The van der Waals surface area contributed by atoms with E-state index >= 15 is 0 Å². The maximum atomic E-state index is 10.2. The third-order valence-electron chi connectivity index (χ3n) is 3.39. The van der Waals surface area contributed by atoms with E-state index in [0.717, 1.165) is 23.6 Å². The fourth-order valence-electron chi connectivity index (χ4n) is 1.97. The highest BCUT2D eigenvalue weighted by Gasteiger charge is 2.18. The van der Waals surface area contributed by atoms with Crippen LogP contribution in [0.3, 0.4) is 0 Å². The third-order valence-corrected chi connectivity index (χ3v) is 4.64. The van der Waals surface area contributed by atoms with Crippen LogP contribution in [0.1, 0.15) is 25.5 Å². The van der Waals surface area contributed by atoms with Gasteiger partial charge in [0.1, 0.15) is 13.2 Å². The summed E-state index contributed by atoms with van der Waals surface area (Å²) in [5.74, 6) is 1.47. The number of rotatable bonds is 6. The van der Waals surface area contributed by atoms with Crippen LogP contribution in [0.25, 0.3) is 0 Å². The molecule has 20 heavy (non-hydrogen) atoms. The van der Waals surface area contributed by atoms with E-state index in [1.165, 1.54) is 0 Å². The second-order valence-electron chi connectivity index (χ2n) is 5.51. The van der Waals surface area contributed by atoms with E-state index in [1.54, 1.807) is 0 Å². The Morgan fingerprint density at radius 3 is 2.70 bits per heavy atom. The molecule has 1 aliphatic heterocycles. The van der Waals surface area contributed by atoms with Gasteiger partial charge in [-0.1, -0.05) is 6.07 Å². The van der Waals surface area contributed by atoms with Crippen LogP contribution < -0.4 is 14.8 Å². The minimum atomic E-state index is -0.538. The molecule has 1 heterocycles. The van der Waals surface area contributed by atoms with Gasteiger partial charge < -0.3 is 19.9 Å². The van der Waals surface area contributed by atoms with Gasteiger partial charge in [-0.05, 0) is 37.8 Å². The highest BCUT2D eigenvalue weighted by atomic mass is 32.2. The second kappa shape index (κ2) is 6.70. The van der Waals surface area contributed by atoms with E-state index in [2.05, 4.69) is 25.4 Å². The number of fused-ring (bicyclic) bond motifs is 1. The first-order valence-electron chi connectivity index (χ1n) is 6.85. The summed E-state index contributed by atoms with van der Waals surface area (Å²) in [5.41, 5.74) is 0.851. The normalized spacial score (nSPS) is 16.0. The number of hydrogen-bond acceptors (Lipinski definition) is 5. The molecule has 1 aliphatic rings. The Morgan fingerprint density at radius 1 is 1.30 bits per heavy atom. The Morgan fingerprint density at radius 2 is 2.00 bits per heavy atom. The molecule has 2 rings (SSSR count). The fraction of sp³-hybridized carbons (Fsp3) is 0.600. The molecule has 112 valence electrons. The summed E-state index contributed by atoms with van der Waals surface area (Å²) in [4.78, 5) is 0. The van der Waals surface area contributed by atoms with Crippen LogP contribution in [0, 0.1) is 0 Å². The molecule has 0 radical (unpaired) electrons. The van der Waals surface area contributed by atoms with Crippen molar-refractivity contribution < 1.29 is 14.6 Å². The molecule has 0 aromatic heterocycles. The van der Waals surface area contributed by atoms with Crippen LogP contribution in [0.15, 0.2) is 18.2 Å². The molecule has 0 fully saturated rings. The number of benzene rings is 1. The standard InChI is InChI=1S/C15H23NO3S/c1-15(2,20-3)10-16-9-12(17)11-4-5-13-14(8-11)19-7-6-18-13/h4-5,8,12,16-17H,6-7,9-10H2,1-3H3. The number of nitrogens with one attached hydrogen (secondary N) is 1. The number of thioether (sulfide) groups is 1. The van der Waals surface area contributed by atoms with Gasteiger partial charge in [-0.25, -0.2) is 0 Å². The van der Waals surface area contributed by atoms with Crippen LogP contribution >= 0.6 is 11.8 Å². The zero-order valence-electron chi connectivity index (χ0n) is 12.3. The topological polar surface area (TPSA) is 50.7 Å². The molecule has 1 aromatic carbocycles. The van der Waals surface area contributed by atoms with Crippen LogP contribution in [0.4, 0.5) is 0 Å². The van der Waals surface area contributed by atoms with Crippen LogP contribution in [-0.4, -0.2) is 42.4 Å². The SMILES string of the molecule is CSC(C)(C)CNCC(O)c1ccc2c(c1)OCCO2. The Hall–Kier alpha value is -0.910. The van der Waals surface area contributed by atoms with Crippen LogP contribution in [0.2, 0.25) is 0 Å². The molecular weight excluding hydrogens is 274 g/mol. The first-order valence-corrected chi connectivity index (χ1v) is 8.08. The summed E-state index contributed by atoms with van der Waals surface area (Å²) in [6, 6.07) is 5.61. The predicted molar refractivity (Wildman–Crippen MR) is 82.9 cm³/mol. The Bertz CT molecular complexity index is 451. The lowest BCUT2D eigenvalue weighted by molar-refractivity contribution is 0.163. The molecule has 0 amide bonds. The van der Waals surface area contributed by atoms with E-state index in [-0.39, 0.29) is 4.75 Å². The summed E-state index contributed by atoms with van der Waals surface area (Å²) in [6.07, 6.45) is 1.56. The number of aliphatic hydroxyl groups excluding tert-OH is 1. The maximum Gasteiger partial charge on any atom is 0.161 e. The second-order valence-corrected chi connectivity index (χ2v) is 7.03. The Kier molecular flexibility index (Phi) is 5.18. The molecule has 2 N–H and O–H groups in total. The molecule has 4 nitrogen and oxygen atoms in total. The lowest BCUT2D eigenvalue weighted by atomic mass is 10.1. The molecule has 1 unspecified atom stereocenters. The van der Waals surface area contributed by atoms with Crippen LogP contribution in [-0.2, 0) is 0 Å². The van der Waals surface area contributed by atoms with Gasteiger partial charge in [0, 0.05) is 17.8 Å². The van der Waals surface area contributed by atoms with Crippen molar-refractivity contribution in [1.82, 2.24) is 5.32 Å². The monoisotopic (exact) mass is 297 g/mol. The largest absolute Gasteiger partial charge is 0.486 e. The van der Waals surface area contributed by atoms with Crippen molar-refractivity contribution in [3.05, 3.63) is 23.8 Å². The van der Waals surface area contributed by atoms with Gasteiger partial charge in [0.2, 0.25) is 0 Å². The van der Waals surface area contributed by atoms with Gasteiger partial charge >= 0.3 is 0 Å². The van der Waals surface area contributed by atoms with E-state index in [1.807, 2.05) is 30.0 Å². The maximum absolute atomic E-state index is 10.2.